The van der Waals surface area contributed by atoms with Crippen LogP contribution in [0.2, 0.25) is 5.02 Å². The van der Waals surface area contributed by atoms with Gasteiger partial charge in [0.15, 0.2) is 0 Å². The van der Waals surface area contributed by atoms with Gasteiger partial charge in [-0.15, -0.1) is 0 Å². The molecule has 0 bridgehead atoms. The molecule has 110 valence electrons. The number of rotatable bonds is 3. The molecule has 0 spiro atoms. The Labute approximate surface area is 124 Å². The summed E-state index contributed by atoms with van der Waals surface area (Å²) in [4.78, 5) is 11.8. The number of hydrogen-bond donors (Lipinski definition) is 1. The largest absolute Gasteiger partial charge is 0.416 e. The Balaban J connectivity index is 2.03. The Morgan fingerprint density at radius 2 is 1.76 bits per heavy atom. The highest BCUT2D eigenvalue weighted by molar-refractivity contribution is 6.30. The fourth-order valence-electron chi connectivity index (χ4n) is 1.74. The standard InChI is InChI=1S/C15H11ClF3NO/c16-13-6-4-11(5-7-13)14(21)20-9-10-2-1-3-12(8-10)15(17,18)19/h1-8H,9H2,(H,20,21). The van der Waals surface area contributed by atoms with E-state index >= 15 is 0 Å². The molecule has 0 saturated heterocycles. The van der Waals surface area contributed by atoms with Crippen molar-refractivity contribution in [1.82, 2.24) is 5.32 Å². The fourth-order valence-corrected chi connectivity index (χ4v) is 1.87. The molecule has 0 aromatic heterocycles. The Kier molecular flexibility index (Phi) is 4.53. The molecule has 2 rings (SSSR count). The van der Waals surface area contributed by atoms with Gasteiger partial charge in [-0.2, -0.15) is 13.2 Å². The lowest BCUT2D eigenvalue weighted by atomic mass is 10.1. The maximum Gasteiger partial charge on any atom is 0.416 e. The van der Waals surface area contributed by atoms with Gasteiger partial charge in [-0.05, 0) is 42.0 Å². The molecular formula is C15H11ClF3NO. The lowest BCUT2D eigenvalue weighted by Gasteiger charge is -2.09. The molecule has 0 radical (unpaired) electrons. The van der Waals surface area contributed by atoms with Crippen molar-refractivity contribution in [3.63, 3.8) is 0 Å². The van der Waals surface area contributed by atoms with Gasteiger partial charge in [-0.25, -0.2) is 0 Å². The van der Waals surface area contributed by atoms with E-state index in [0.717, 1.165) is 12.1 Å². The second kappa shape index (κ2) is 6.18. The minimum absolute atomic E-state index is 0.0192. The molecule has 1 N–H and O–H groups in total. The summed E-state index contributed by atoms with van der Waals surface area (Å²) in [6, 6.07) is 11.1. The van der Waals surface area contributed by atoms with Crippen molar-refractivity contribution in [2.75, 3.05) is 0 Å². The number of halogens is 4. The van der Waals surface area contributed by atoms with E-state index < -0.39 is 11.7 Å². The van der Waals surface area contributed by atoms with Crippen LogP contribution in [0.1, 0.15) is 21.5 Å². The Hall–Kier alpha value is -2.01. The zero-order chi connectivity index (χ0) is 15.5. The lowest BCUT2D eigenvalue weighted by Crippen LogP contribution is -2.22. The summed E-state index contributed by atoms with van der Waals surface area (Å²) < 4.78 is 37.7. The molecular weight excluding hydrogens is 303 g/mol. The fraction of sp³-hybridized carbons (Fsp3) is 0.133. The average Bonchev–Trinajstić information content (AvgIpc) is 2.45. The van der Waals surface area contributed by atoms with Gasteiger partial charge in [-0.1, -0.05) is 23.7 Å². The van der Waals surface area contributed by atoms with Crippen LogP contribution in [0.4, 0.5) is 13.2 Å². The van der Waals surface area contributed by atoms with Crippen LogP contribution in [0.3, 0.4) is 0 Å². The number of carbonyl (C=O) groups is 1. The molecule has 2 aromatic carbocycles. The number of alkyl halides is 3. The van der Waals surface area contributed by atoms with Crippen LogP contribution in [0, 0.1) is 0 Å². The summed E-state index contributed by atoms with van der Waals surface area (Å²) in [7, 11) is 0. The normalized spacial score (nSPS) is 11.2. The second-order valence-corrected chi connectivity index (χ2v) is 4.82. The van der Waals surface area contributed by atoms with Crippen molar-refractivity contribution in [2.45, 2.75) is 12.7 Å². The van der Waals surface area contributed by atoms with Gasteiger partial charge in [0.25, 0.3) is 5.91 Å². The molecule has 1 amide bonds. The quantitative estimate of drug-likeness (QED) is 0.900. The van der Waals surface area contributed by atoms with Gasteiger partial charge in [0.1, 0.15) is 0 Å². The minimum atomic E-state index is -4.39. The van der Waals surface area contributed by atoms with E-state index in [0.29, 0.717) is 16.1 Å². The van der Waals surface area contributed by atoms with Crippen molar-refractivity contribution >= 4 is 17.5 Å². The predicted octanol–water partition coefficient (Wildman–Crippen LogP) is 4.29. The molecule has 0 unspecified atom stereocenters. The molecule has 2 nitrogen and oxygen atoms in total. The highest BCUT2D eigenvalue weighted by Gasteiger charge is 2.30. The number of benzene rings is 2. The smallest absolute Gasteiger partial charge is 0.348 e. The van der Waals surface area contributed by atoms with Crippen molar-refractivity contribution in [3.05, 3.63) is 70.2 Å². The van der Waals surface area contributed by atoms with Crippen LogP contribution in [-0.2, 0) is 12.7 Å². The summed E-state index contributed by atoms with van der Waals surface area (Å²) in [5.41, 5.74) is 0.0410. The van der Waals surface area contributed by atoms with E-state index in [9.17, 15) is 18.0 Å². The van der Waals surface area contributed by atoms with E-state index in [1.165, 1.54) is 12.1 Å². The molecule has 0 fully saturated rings. The Bertz CT molecular complexity index is 638. The summed E-state index contributed by atoms with van der Waals surface area (Å²) in [5.74, 6) is -0.371. The van der Waals surface area contributed by atoms with Gasteiger partial charge in [0.05, 0.1) is 5.56 Å². The van der Waals surface area contributed by atoms with Gasteiger partial charge in [0.2, 0.25) is 0 Å². The van der Waals surface area contributed by atoms with Crippen LogP contribution >= 0.6 is 11.6 Å². The van der Waals surface area contributed by atoms with Crippen molar-refractivity contribution in [1.29, 1.82) is 0 Å². The number of hydrogen-bond acceptors (Lipinski definition) is 1. The van der Waals surface area contributed by atoms with Gasteiger partial charge >= 0.3 is 6.18 Å². The third kappa shape index (κ3) is 4.23. The van der Waals surface area contributed by atoms with Crippen molar-refractivity contribution in [3.8, 4) is 0 Å². The number of amides is 1. The van der Waals surface area contributed by atoms with E-state index in [1.807, 2.05) is 0 Å². The molecule has 21 heavy (non-hydrogen) atoms. The van der Waals surface area contributed by atoms with E-state index in [-0.39, 0.29) is 12.5 Å². The molecule has 0 heterocycles. The molecule has 0 aliphatic heterocycles. The van der Waals surface area contributed by atoms with Gasteiger partial charge in [0, 0.05) is 17.1 Å². The molecule has 6 heteroatoms. The van der Waals surface area contributed by atoms with E-state index in [4.69, 9.17) is 11.6 Å². The third-order valence-electron chi connectivity index (χ3n) is 2.81. The van der Waals surface area contributed by atoms with E-state index in [1.54, 1.807) is 24.3 Å². The SMILES string of the molecule is O=C(NCc1cccc(C(F)(F)F)c1)c1ccc(Cl)cc1. The first-order chi connectivity index (χ1) is 9.86. The molecule has 0 aliphatic rings. The second-order valence-electron chi connectivity index (χ2n) is 4.39. The summed E-state index contributed by atoms with van der Waals surface area (Å²) >= 11 is 5.71. The first-order valence-corrected chi connectivity index (χ1v) is 6.44. The zero-order valence-electron chi connectivity index (χ0n) is 10.7. The molecule has 0 aliphatic carbocycles. The number of carbonyl (C=O) groups excluding carboxylic acids is 1. The summed E-state index contributed by atoms with van der Waals surface area (Å²) in [6.07, 6.45) is -4.39. The molecule has 0 saturated carbocycles. The van der Waals surface area contributed by atoms with Crippen molar-refractivity contribution < 1.29 is 18.0 Å². The summed E-state index contributed by atoms with van der Waals surface area (Å²) in [6.45, 7) is 0.0192. The third-order valence-corrected chi connectivity index (χ3v) is 3.07. The van der Waals surface area contributed by atoms with Crippen molar-refractivity contribution in [2.24, 2.45) is 0 Å². The Morgan fingerprint density at radius 1 is 1.10 bits per heavy atom. The van der Waals surface area contributed by atoms with Gasteiger partial charge in [-0.3, -0.25) is 4.79 Å². The molecule has 2 aromatic rings. The van der Waals surface area contributed by atoms with Crippen LogP contribution in [-0.4, -0.2) is 5.91 Å². The minimum Gasteiger partial charge on any atom is -0.348 e. The van der Waals surface area contributed by atoms with Gasteiger partial charge < -0.3 is 5.32 Å². The molecule has 0 atom stereocenters. The first-order valence-electron chi connectivity index (χ1n) is 6.06. The maximum absolute atomic E-state index is 12.6. The number of nitrogens with one attached hydrogen (secondary N) is 1. The van der Waals surface area contributed by atoms with Crippen LogP contribution < -0.4 is 5.32 Å². The van der Waals surface area contributed by atoms with Crippen LogP contribution in [0.15, 0.2) is 48.5 Å². The predicted molar refractivity (Wildman–Crippen MR) is 74.1 cm³/mol. The van der Waals surface area contributed by atoms with Crippen LogP contribution in [0.5, 0.6) is 0 Å². The lowest BCUT2D eigenvalue weighted by molar-refractivity contribution is -0.137. The highest BCUT2D eigenvalue weighted by atomic mass is 35.5. The first kappa shape index (κ1) is 15.4. The average molecular weight is 314 g/mol. The Morgan fingerprint density at radius 3 is 2.38 bits per heavy atom. The highest BCUT2D eigenvalue weighted by Crippen LogP contribution is 2.29. The van der Waals surface area contributed by atoms with Crippen LogP contribution in [0.25, 0.3) is 0 Å². The zero-order valence-corrected chi connectivity index (χ0v) is 11.5. The van der Waals surface area contributed by atoms with E-state index in [2.05, 4.69) is 5.32 Å². The monoisotopic (exact) mass is 313 g/mol. The topological polar surface area (TPSA) is 29.1 Å². The maximum atomic E-state index is 12.6. The summed E-state index contributed by atoms with van der Waals surface area (Å²) in [5, 5.41) is 3.07.